The van der Waals surface area contributed by atoms with Gasteiger partial charge in [0.1, 0.15) is 5.82 Å². The monoisotopic (exact) mass is 403 g/mol. The molecule has 0 amide bonds. The molecule has 1 aromatic rings. The van der Waals surface area contributed by atoms with Gasteiger partial charge in [-0.25, -0.2) is 4.68 Å². The highest BCUT2D eigenvalue weighted by Crippen LogP contribution is 2.28. The Morgan fingerprint density at radius 3 is 2.59 bits per heavy atom. The van der Waals surface area contributed by atoms with Crippen molar-refractivity contribution in [1.29, 1.82) is 0 Å². The molecule has 3 unspecified atom stereocenters. The lowest BCUT2D eigenvalue weighted by molar-refractivity contribution is 0.0669. The van der Waals surface area contributed by atoms with E-state index < -0.39 is 6.10 Å². The molecule has 0 radical (unpaired) electrons. The molecule has 2 saturated heterocycles. The molecule has 2 N–H and O–H groups in total. The Morgan fingerprint density at radius 2 is 1.79 bits per heavy atom. The second-order valence-corrected chi connectivity index (χ2v) is 9.22. The van der Waals surface area contributed by atoms with Gasteiger partial charge in [-0.05, 0) is 71.1 Å². The molecule has 162 valence electrons. The topological polar surface area (TPSA) is 73.6 Å². The minimum Gasteiger partial charge on any atom is -0.391 e. The summed E-state index contributed by atoms with van der Waals surface area (Å²) in [6, 6.07) is 4.35. The van der Waals surface area contributed by atoms with Crippen molar-refractivity contribution >= 4 is 5.82 Å². The van der Waals surface area contributed by atoms with E-state index in [1.165, 1.54) is 32.4 Å². The molecule has 29 heavy (non-hydrogen) atoms. The third-order valence-electron chi connectivity index (χ3n) is 7.10. The molecule has 3 fully saturated rings. The average molecular weight is 404 g/mol. The number of rotatable bonds is 5. The predicted molar refractivity (Wildman–Crippen MR) is 116 cm³/mol. The van der Waals surface area contributed by atoms with Crippen LogP contribution in [0, 0.1) is 0 Å². The first-order valence-corrected chi connectivity index (χ1v) is 11.6. The van der Waals surface area contributed by atoms with Crippen LogP contribution in [0.5, 0.6) is 0 Å². The molecule has 0 bridgehead atoms. The maximum atomic E-state index is 12.5. The number of aliphatic hydroxyl groups excluding tert-OH is 1. The Bertz CT molecular complexity index is 715. The normalized spacial score (nSPS) is 29.9. The van der Waals surface area contributed by atoms with Gasteiger partial charge < -0.3 is 20.2 Å². The Hall–Kier alpha value is -1.44. The molecule has 0 spiro atoms. The number of nitrogens with zero attached hydrogens (tertiary/aromatic N) is 4. The van der Waals surface area contributed by atoms with Crippen molar-refractivity contribution < 1.29 is 5.11 Å². The van der Waals surface area contributed by atoms with Crippen LogP contribution in [0.4, 0.5) is 5.82 Å². The maximum absolute atomic E-state index is 12.5. The lowest BCUT2D eigenvalue weighted by atomic mass is 9.93. The third-order valence-corrected chi connectivity index (χ3v) is 7.10. The molecule has 3 aliphatic rings. The number of nitrogens with one attached hydrogen (secondary N) is 1. The summed E-state index contributed by atoms with van der Waals surface area (Å²) in [4.78, 5) is 17.3. The van der Waals surface area contributed by atoms with Gasteiger partial charge in [-0.15, -0.1) is 0 Å². The average Bonchev–Trinajstić information content (AvgIpc) is 2.75. The first-order valence-electron chi connectivity index (χ1n) is 11.6. The van der Waals surface area contributed by atoms with Crippen LogP contribution >= 0.6 is 0 Å². The Balaban J connectivity index is 1.46. The van der Waals surface area contributed by atoms with Gasteiger partial charge in [0, 0.05) is 31.2 Å². The molecule has 2 aliphatic heterocycles. The number of hydrogen-bond acceptors (Lipinski definition) is 6. The van der Waals surface area contributed by atoms with Crippen LogP contribution in [0.2, 0.25) is 0 Å². The highest BCUT2D eigenvalue weighted by Gasteiger charge is 2.29. The summed E-state index contributed by atoms with van der Waals surface area (Å²) in [7, 11) is 2.20. The zero-order valence-electron chi connectivity index (χ0n) is 17.8. The fourth-order valence-electron chi connectivity index (χ4n) is 5.21. The molecule has 7 nitrogen and oxygen atoms in total. The second kappa shape index (κ2) is 9.58. The fourth-order valence-corrected chi connectivity index (χ4v) is 5.21. The quantitative estimate of drug-likeness (QED) is 0.781. The SMILES string of the molecule is CN1CCC(NCC2CCCCN2c2ccc(=O)n(C3CCCCC3O)n2)CC1. The standard InChI is InChI=1S/C22H37N5O2/c1-25-14-11-17(12-15-25)23-16-18-6-4-5-13-26(18)21-9-10-22(29)27(24-21)19-7-2-3-8-20(19)28/h9-10,17-20,23,28H,2-8,11-16H2,1H3. The van der Waals surface area contributed by atoms with Crippen LogP contribution in [0.15, 0.2) is 16.9 Å². The molecule has 4 rings (SSSR count). The van der Waals surface area contributed by atoms with E-state index in [0.29, 0.717) is 12.1 Å². The van der Waals surface area contributed by atoms with Crippen molar-refractivity contribution in [2.45, 2.75) is 82.0 Å². The minimum atomic E-state index is -0.465. The van der Waals surface area contributed by atoms with Gasteiger partial charge >= 0.3 is 0 Å². The zero-order chi connectivity index (χ0) is 20.2. The molecule has 3 atom stereocenters. The van der Waals surface area contributed by atoms with E-state index >= 15 is 0 Å². The number of piperidine rings is 2. The predicted octanol–water partition coefficient (Wildman–Crippen LogP) is 1.76. The van der Waals surface area contributed by atoms with E-state index in [1.807, 2.05) is 6.07 Å². The van der Waals surface area contributed by atoms with Crippen molar-refractivity contribution in [3.63, 3.8) is 0 Å². The molecular weight excluding hydrogens is 366 g/mol. The van der Waals surface area contributed by atoms with E-state index in [9.17, 15) is 9.90 Å². The summed E-state index contributed by atoms with van der Waals surface area (Å²) in [5.41, 5.74) is -0.0993. The largest absolute Gasteiger partial charge is 0.391 e. The van der Waals surface area contributed by atoms with Crippen LogP contribution in [0.1, 0.15) is 63.8 Å². The van der Waals surface area contributed by atoms with Crippen LogP contribution < -0.4 is 15.8 Å². The maximum Gasteiger partial charge on any atom is 0.267 e. The van der Waals surface area contributed by atoms with E-state index in [0.717, 1.165) is 57.4 Å². The van der Waals surface area contributed by atoms with Gasteiger partial charge in [0.05, 0.1) is 12.1 Å². The van der Waals surface area contributed by atoms with Gasteiger partial charge in [-0.3, -0.25) is 4.79 Å². The highest BCUT2D eigenvalue weighted by atomic mass is 16.3. The Kier molecular flexibility index (Phi) is 6.88. The van der Waals surface area contributed by atoms with Crippen molar-refractivity contribution in [3.05, 3.63) is 22.5 Å². The molecular formula is C22H37N5O2. The van der Waals surface area contributed by atoms with Crippen molar-refractivity contribution in [2.24, 2.45) is 0 Å². The lowest BCUT2D eigenvalue weighted by Crippen LogP contribution is -2.50. The Morgan fingerprint density at radius 1 is 1.03 bits per heavy atom. The van der Waals surface area contributed by atoms with E-state index in [2.05, 4.69) is 22.2 Å². The third kappa shape index (κ3) is 5.01. The molecule has 7 heteroatoms. The Labute approximate surface area is 174 Å². The van der Waals surface area contributed by atoms with Gasteiger partial charge in [0.2, 0.25) is 0 Å². The summed E-state index contributed by atoms with van der Waals surface area (Å²) >= 11 is 0. The van der Waals surface area contributed by atoms with Gasteiger partial charge in [0.25, 0.3) is 5.56 Å². The summed E-state index contributed by atoms with van der Waals surface area (Å²) in [5, 5.41) is 19.0. The summed E-state index contributed by atoms with van der Waals surface area (Å²) in [6.07, 6.45) is 9.20. The molecule has 1 aromatic heterocycles. The zero-order valence-corrected chi connectivity index (χ0v) is 17.8. The molecule has 3 heterocycles. The van der Waals surface area contributed by atoms with Crippen molar-refractivity contribution in [3.8, 4) is 0 Å². The van der Waals surface area contributed by atoms with E-state index in [-0.39, 0.29) is 11.6 Å². The highest BCUT2D eigenvalue weighted by molar-refractivity contribution is 5.39. The van der Waals surface area contributed by atoms with Crippen LogP contribution in [-0.2, 0) is 0 Å². The number of hydrogen-bond donors (Lipinski definition) is 2. The van der Waals surface area contributed by atoms with Crippen LogP contribution in [-0.4, -0.2) is 71.2 Å². The summed E-state index contributed by atoms with van der Waals surface area (Å²) in [6.45, 7) is 4.30. The number of likely N-dealkylation sites (tertiary alicyclic amines) is 1. The first kappa shape index (κ1) is 20.8. The number of aromatic nitrogens is 2. The minimum absolute atomic E-state index is 0.0993. The summed E-state index contributed by atoms with van der Waals surface area (Å²) < 4.78 is 1.56. The molecule has 1 aliphatic carbocycles. The first-order chi connectivity index (χ1) is 14.1. The van der Waals surface area contributed by atoms with Gasteiger partial charge in [0.15, 0.2) is 0 Å². The number of aliphatic hydroxyl groups is 1. The lowest BCUT2D eigenvalue weighted by Gasteiger charge is -2.39. The van der Waals surface area contributed by atoms with Gasteiger partial charge in [-0.2, -0.15) is 5.10 Å². The smallest absolute Gasteiger partial charge is 0.267 e. The fraction of sp³-hybridized carbons (Fsp3) is 0.818. The van der Waals surface area contributed by atoms with E-state index in [4.69, 9.17) is 5.10 Å². The molecule has 1 saturated carbocycles. The van der Waals surface area contributed by atoms with E-state index in [1.54, 1.807) is 10.7 Å². The summed E-state index contributed by atoms with van der Waals surface area (Å²) in [5.74, 6) is 0.886. The van der Waals surface area contributed by atoms with Gasteiger partial charge in [-0.1, -0.05) is 12.8 Å². The second-order valence-electron chi connectivity index (χ2n) is 9.22. The number of anilines is 1. The van der Waals surface area contributed by atoms with Crippen LogP contribution in [0.25, 0.3) is 0 Å². The van der Waals surface area contributed by atoms with Crippen molar-refractivity contribution in [2.75, 3.05) is 38.1 Å². The van der Waals surface area contributed by atoms with Crippen molar-refractivity contribution in [1.82, 2.24) is 20.0 Å². The van der Waals surface area contributed by atoms with Crippen LogP contribution in [0.3, 0.4) is 0 Å². The molecule has 0 aromatic carbocycles.